The minimum Gasteiger partial charge on any atom is -0.356 e. The van der Waals surface area contributed by atoms with Crippen molar-refractivity contribution in [2.24, 2.45) is 0 Å². The minimum atomic E-state index is 0.420. The Balaban J connectivity index is 1.44. The summed E-state index contributed by atoms with van der Waals surface area (Å²) in [5.74, 6) is 2.65. The summed E-state index contributed by atoms with van der Waals surface area (Å²) < 4.78 is 0. The summed E-state index contributed by atoms with van der Waals surface area (Å²) >= 11 is 0. The molecule has 1 fully saturated rings. The standard InChI is InChI=1S/C20H24N6/c1-25-10-8-16-15(12-25)20(22-13-21-16)26-9-4-5-14(11-26)19-23-17-6-2-3-7-18(17)24-19/h2-3,6-7,13-14H,4-5,8-12H2,1H3,(H,23,24)/t14-/m0/s1. The summed E-state index contributed by atoms with van der Waals surface area (Å²) in [5, 5.41) is 0. The predicted octanol–water partition coefficient (Wildman–Crippen LogP) is 2.72. The summed E-state index contributed by atoms with van der Waals surface area (Å²) in [6, 6.07) is 8.28. The van der Waals surface area contributed by atoms with Crippen LogP contribution in [0.2, 0.25) is 0 Å². The first-order valence-corrected chi connectivity index (χ1v) is 9.49. The zero-order valence-corrected chi connectivity index (χ0v) is 15.1. The third-order valence-electron chi connectivity index (χ3n) is 5.69. The number of nitrogens with one attached hydrogen (secondary N) is 1. The van der Waals surface area contributed by atoms with E-state index in [4.69, 9.17) is 4.98 Å². The highest BCUT2D eigenvalue weighted by molar-refractivity contribution is 5.74. The molecule has 6 heteroatoms. The molecule has 0 spiro atoms. The van der Waals surface area contributed by atoms with Crippen molar-refractivity contribution < 1.29 is 0 Å². The number of aromatic amines is 1. The Kier molecular flexibility index (Phi) is 3.85. The van der Waals surface area contributed by atoms with Crippen molar-refractivity contribution in [1.82, 2.24) is 24.8 Å². The summed E-state index contributed by atoms with van der Waals surface area (Å²) in [4.78, 5) is 22.4. The van der Waals surface area contributed by atoms with Crippen LogP contribution in [0.15, 0.2) is 30.6 Å². The van der Waals surface area contributed by atoms with Gasteiger partial charge in [0.05, 0.1) is 16.7 Å². The monoisotopic (exact) mass is 348 g/mol. The number of aromatic nitrogens is 4. The van der Waals surface area contributed by atoms with E-state index in [9.17, 15) is 0 Å². The Hall–Kier alpha value is -2.47. The summed E-state index contributed by atoms with van der Waals surface area (Å²) in [7, 11) is 2.17. The molecule has 2 aliphatic heterocycles. The average Bonchev–Trinajstić information content (AvgIpc) is 3.12. The van der Waals surface area contributed by atoms with Crippen LogP contribution in [0, 0.1) is 0 Å². The molecule has 3 aromatic rings. The third-order valence-corrected chi connectivity index (χ3v) is 5.69. The van der Waals surface area contributed by atoms with Crippen molar-refractivity contribution in [1.29, 1.82) is 0 Å². The van der Waals surface area contributed by atoms with Gasteiger partial charge in [-0.05, 0) is 32.0 Å². The van der Waals surface area contributed by atoms with Gasteiger partial charge < -0.3 is 14.8 Å². The van der Waals surface area contributed by atoms with Crippen LogP contribution in [0.1, 0.15) is 35.8 Å². The number of benzene rings is 1. The smallest absolute Gasteiger partial charge is 0.136 e. The Morgan fingerprint density at radius 3 is 3.00 bits per heavy atom. The molecule has 1 N–H and O–H groups in total. The van der Waals surface area contributed by atoms with Crippen LogP contribution >= 0.6 is 0 Å². The van der Waals surface area contributed by atoms with Gasteiger partial charge in [0, 0.05) is 44.1 Å². The van der Waals surface area contributed by atoms with Crippen LogP contribution in [-0.4, -0.2) is 51.5 Å². The summed E-state index contributed by atoms with van der Waals surface area (Å²) in [6.07, 6.45) is 5.09. The lowest BCUT2D eigenvalue weighted by Gasteiger charge is -2.35. The number of imidazole rings is 1. The molecule has 5 rings (SSSR count). The summed E-state index contributed by atoms with van der Waals surface area (Å²) in [5.41, 5.74) is 4.71. The minimum absolute atomic E-state index is 0.420. The Bertz CT molecular complexity index is 900. The fraction of sp³-hybridized carbons (Fsp3) is 0.450. The van der Waals surface area contributed by atoms with E-state index in [1.807, 2.05) is 6.07 Å². The lowest BCUT2D eigenvalue weighted by atomic mass is 9.96. The van der Waals surface area contributed by atoms with Gasteiger partial charge in [0.15, 0.2) is 0 Å². The van der Waals surface area contributed by atoms with Gasteiger partial charge >= 0.3 is 0 Å². The Morgan fingerprint density at radius 1 is 1.15 bits per heavy atom. The lowest BCUT2D eigenvalue weighted by Crippen LogP contribution is -2.38. The number of para-hydroxylation sites is 2. The highest BCUT2D eigenvalue weighted by atomic mass is 15.2. The van der Waals surface area contributed by atoms with Crippen LogP contribution in [0.5, 0.6) is 0 Å². The first kappa shape index (κ1) is 15.8. The van der Waals surface area contributed by atoms with Gasteiger partial charge in [-0.25, -0.2) is 15.0 Å². The normalized spacial score (nSPS) is 21.1. The molecule has 0 radical (unpaired) electrons. The molecule has 0 aliphatic carbocycles. The first-order valence-electron chi connectivity index (χ1n) is 9.49. The second-order valence-corrected chi connectivity index (χ2v) is 7.53. The van der Waals surface area contributed by atoms with Crippen molar-refractivity contribution in [3.8, 4) is 0 Å². The second kappa shape index (κ2) is 6.36. The molecule has 4 heterocycles. The zero-order valence-electron chi connectivity index (χ0n) is 15.1. The SMILES string of the molecule is CN1CCc2ncnc(N3CCC[C@H](c4nc5ccccc5[nH]4)C3)c2C1. The molecule has 1 saturated heterocycles. The maximum atomic E-state index is 4.84. The van der Waals surface area contributed by atoms with Gasteiger partial charge in [0.2, 0.25) is 0 Å². The average molecular weight is 348 g/mol. The van der Waals surface area contributed by atoms with E-state index >= 15 is 0 Å². The third kappa shape index (κ3) is 2.74. The zero-order chi connectivity index (χ0) is 17.5. The maximum absolute atomic E-state index is 4.84. The molecule has 134 valence electrons. The highest BCUT2D eigenvalue weighted by Crippen LogP contribution is 2.32. The molecular formula is C20H24N6. The molecular weight excluding hydrogens is 324 g/mol. The molecule has 0 amide bonds. The molecule has 0 saturated carbocycles. The van der Waals surface area contributed by atoms with E-state index in [-0.39, 0.29) is 0 Å². The predicted molar refractivity (Wildman–Crippen MR) is 102 cm³/mol. The Labute approximate surface area is 153 Å². The van der Waals surface area contributed by atoms with Crippen LogP contribution in [0.3, 0.4) is 0 Å². The van der Waals surface area contributed by atoms with Crippen LogP contribution < -0.4 is 4.90 Å². The van der Waals surface area contributed by atoms with Crippen molar-refractivity contribution in [3.63, 3.8) is 0 Å². The number of fused-ring (bicyclic) bond motifs is 2. The number of nitrogens with zero attached hydrogens (tertiary/aromatic N) is 5. The molecule has 1 aromatic carbocycles. The van der Waals surface area contributed by atoms with E-state index < -0.39 is 0 Å². The number of likely N-dealkylation sites (N-methyl/N-ethyl adjacent to an activating group) is 1. The first-order chi connectivity index (χ1) is 12.8. The van der Waals surface area contributed by atoms with Gasteiger partial charge in [-0.3, -0.25) is 0 Å². The van der Waals surface area contributed by atoms with Gasteiger partial charge in [0.25, 0.3) is 0 Å². The topological polar surface area (TPSA) is 60.9 Å². The molecule has 6 nitrogen and oxygen atoms in total. The molecule has 1 atom stereocenters. The van der Waals surface area contributed by atoms with E-state index in [2.05, 4.69) is 50.0 Å². The van der Waals surface area contributed by atoms with Crippen molar-refractivity contribution >= 4 is 16.9 Å². The van der Waals surface area contributed by atoms with E-state index in [0.717, 1.165) is 61.7 Å². The highest BCUT2D eigenvalue weighted by Gasteiger charge is 2.28. The van der Waals surface area contributed by atoms with Gasteiger partial charge in [0.1, 0.15) is 18.0 Å². The van der Waals surface area contributed by atoms with Gasteiger partial charge in [-0.15, -0.1) is 0 Å². The van der Waals surface area contributed by atoms with Gasteiger partial charge in [-0.2, -0.15) is 0 Å². The maximum Gasteiger partial charge on any atom is 0.136 e. The fourth-order valence-corrected chi connectivity index (χ4v) is 4.29. The molecule has 2 aliphatic rings. The number of anilines is 1. The molecule has 2 aromatic heterocycles. The molecule has 0 unspecified atom stereocenters. The fourth-order valence-electron chi connectivity index (χ4n) is 4.29. The van der Waals surface area contributed by atoms with Crippen molar-refractivity contribution in [2.45, 2.75) is 31.7 Å². The van der Waals surface area contributed by atoms with Crippen LogP contribution in [0.4, 0.5) is 5.82 Å². The second-order valence-electron chi connectivity index (χ2n) is 7.53. The summed E-state index contributed by atoms with van der Waals surface area (Å²) in [6.45, 7) is 4.04. The van der Waals surface area contributed by atoms with E-state index in [0.29, 0.717) is 5.92 Å². The van der Waals surface area contributed by atoms with Gasteiger partial charge in [-0.1, -0.05) is 12.1 Å². The number of rotatable bonds is 2. The largest absolute Gasteiger partial charge is 0.356 e. The number of piperidine rings is 1. The number of hydrogen-bond acceptors (Lipinski definition) is 5. The molecule has 26 heavy (non-hydrogen) atoms. The van der Waals surface area contributed by atoms with E-state index in [1.54, 1.807) is 6.33 Å². The lowest BCUT2D eigenvalue weighted by molar-refractivity contribution is 0.308. The quantitative estimate of drug-likeness (QED) is 0.772. The number of hydrogen-bond donors (Lipinski definition) is 1. The van der Waals surface area contributed by atoms with Crippen LogP contribution in [0.25, 0.3) is 11.0 Å². The van der Waals surface area contributed by atoms with Crippen molar-refractivity contribution in [2.75, 3.05) is 31.6 Å². The number of H-pyrrole nitrogens is 1. The van der Waals surface area contributed by atoms with E-state index in [1.165, 1.54) is 17.7 Å². The van der Waals surface area contributed by atoms with Crippen LogP contribution in [-0.2, 0) is 13.0 Å². The Morgan fingerprint density at radius 2 is 2.08 bits per heavy atom. The van der Waals surface area contributed by atoms with Crippen molar-refractivity contribution in [3.05, 3.63) is 47.7 Å². The molecule has 0 bridgehead atoms.